The van der Waals surface area contributed by atoms with Crippen LogP contribution in [0.15, 0.2) is 29.3 Å². The van der Waals surface area contributed by atoms with E-state index in [1.54, 1.807) is 6.07 Å². The van der Waals surface area contributed by atoms with Crippen LogP contribution in [0.4, 0.5) is 4.39 Å². The first-order valence-corrected chi connectivity index (χ1v) is 7.62. The Morgan fingerprint density at radius 3 is 2.95 bits per heavy atom. The lowest BCUT2D eigenvalue weighted by molar-refractivity contribution is 0.394. The zero-order valence-corrected chi connectivity index (χ0v) is 12.9. The van der Waals surface area contributed by atoms with Crippen molar-refractivity contribution < 1.29 is 4.39 Å². The topological polar surface area (TPSA) is 39.7 Å². The lowest BCUT2D eigenvalue weighted by atomic mass is 10.1. The third kappa shape index (κ3) is 5.34. The number of guanidine groups is 1. The Kier molecular flexibility index (Phi) is 5.99. The van der Waals surface area contributed by atoms with Gasteiger partial charge in [0.05, 0.1) is 6.54 Å². The van der Waals surface area contributed by atoms with Crippen molar-refractivity contribution in [3.05, 3.63) is 35.6 Å². The summed E-state index contributed by atoms with van der Waals surface area (Å²) in [5.41, 5.74) is 0.882. The number of nitrogens with zero attached hydrogens (tertiary/aromatic N) is 2. The zero-order valence-electron chi connectivity index (χ0n) is 12.9. The maximum atomic E-state index is 13.1. The summed E-state index contributed by atoms with van der Waals surface area (Å²) < 4.78 is 13.1. The molecule has 1 heterocycles. The van der Waals surface area contributed by atoms with Gasteiger partial charge in [-0.25, -0.2) is 9.38 Å². The normalized spacial score (nSPS) is 19.8. The summed E-state index contributed by atoms with van der Waals surface area (Å²) in [5, 5.41) is 6.62. The molecule has 1 fully saturated rings. The molecular weight excluding hydrogens is 267 g/mol. The lowest BCUT2D eigenvalue weighted by Crippen LogP contribution is -2.40. The fraction of sp³-hybridized carbons (Fsp3) is 0.562. The van der Waals surface area contributed by atoms with E-state index < -0.39 is 0 Å². The van der Waals surface area contributed by atoms with Crippen molar-refractivity contribution in [2.24, 2.45) is 10.9 Å². The molecule has 0 aromatic heterocycles. The second-order valence-electron chi connectivity index (χ2n) is 5.62. The van der Waals surface area contributed by atoms with Crippen LogP contribution in [0.3, 0.4) is 0 Å². The van der Waals surface area contributed by atoms with Crippen molar-refractivity contribution in [1.82, 2.24) is 15.5 Å². The van der Waals surface area contributed by atoms with E-state index in [-0.39, 0.29) is 5.82 Å². The molecule has 0 saturated carbocycles. The van der Waals surface area contributed by atoms with Crippen LogP contribution in [-0.2, 0) is 6.54 Å². The van der Waals surface area contributed by atoms with Crippen LogP contribution in [0.2, 0.25) is 0 Å². The van der Waals surface area contributed by atoms with Crippen molar-refractivity contribution in [1.29, 1.82) is 0 Å². The standard InChI is InChI=1S/C16H25FN4/c1-3-18-16(20-11-14-7-8-21(2)12-14)19-10-13-5-4-6-15(17)9-13/h4-6,9,14H,3,7-8,10-12H2,1-2H3,(H2,18,19,20). The van der Waals surface area contributed by atoms with Gasteiger partial charge in [-0.05, 0) is 50.6 Å². The van der Waals surface area contributed by atoms with Crippen LogP contribution in [-0.4, -0.2) is 44.1 Å². The lowest BCUT2D eigenvalue weighted by Gasteiger charge is -2.15. The third-order valence-electron chi connectivity index (χ3n) is 3.70. The first-order chi connectivity index (χ1) is 10.2. The fourth-order valence-corrected chi connectivity index (χ4v) is 2.58. The Labute approximate surface area is 126 Å². The molecule has 21 heavy (non-hydrogen) atoms. The smallest absolute Gasteiger partial charge is 0.191 e. The molecule has 5 heteroatoms. The molecule has 1 aromatic carbocycles. The molecule has 0 aliphatic carbocycles. The Bertz CT molecular complexity index is 475. The maximum absolute atomic E-state index is 13.1. The highest BCUT2D eigenvalue weighted by Crippen LogP contribution is 2.12. The van der Waals surface area contributed by atoms with Gasteiger partial charge in [-0.1, -0.05) is 12.1 Å². The highest BCUT2D eigenvalue weighted by molar-refractivity contribution is 5.79. The van der Waals surface area contributed by atoms with Gasteiger partial charge in [0.15, 0.2) is 5.96 Å². The molecule has 2 rings (SSSR count). The van der Waals surface area contributed by atoms with Gasteiger partial charge >= 0.3 is 0 Å². The van der Waals surface area contributed by atoms with Crippen LogP contribution >= 0.6 is 0 Å². The summed E-state index contributed by atoms with van der Waals surface area (Å²) in [6, 6.07) is 6.59. The maximum Gasteiger partial charge on any atom is 0.191 e. The summed E-state index contributed by atoms with van der Waals surface area (Å²) in [7, 11) is 2.16. The van der Waals surface area contributed by atoms with E-state index in [1.165, 1.54) is 25.1 Å². The predicted molar refractivity (Wildman–Crippen MR) is 84.8 cm³/mol. The molecule has 4 nitrogen and oxygen atoms in total. The molecule has 0 spiro atoms. The number of likely N-dealkylation sites (tertiary alicyclic amines) is 1. The van der Waals surface area contributed by atoms with Crippen LogP contribution in [0.1, 0.15) is 18.9 Å². The second kappa shape index (κ2) is 7.98. The van der Waals surface area contributed by atoms with Gasteiger partial charge in [-0.3, -0.25) is 0 Å². The summed E-state index contributed by atoms with van der Waals surface area (Å²) >= 11 is 0. The van der Waals surface area contributed by atoms with Gasteiger partial charge in [0.2, 0.25) is 0 Å². The highest BCUT2D eigenvalue weighted by atomic mass is 19.1. The molecule has 116 valence electrons. The van der Waals surface area contributed by atoms with Gasteiger partial charge in [0.25, 0.3) is 0 Å². The number of hydrogen-bond donors (Lipinski definition) is 2. The van der Waals surface area contributed by atoms with E-state index >= 15 is 0 Å². The van der Waals surface area contributed by atoms with Crippen molar-refractivity contribution in [3.63, 3.8) is 0 Å². The van der Waals surface area contributed by atoms with Crippen LogP contribution in [0.5, 0.6) is 0 Å². The highest BCUT2D eigenvalue weighted by Gasteiger charge is 2.19. The average molecular weight is 292 g/mol. The molecule has 1 unspecified atom stereocenters. The average Bonchev–Trinajstić information content (AvgIpc) is 2.88. The largest absolute Gasteiger partial charge is 0.357 e. The van der Waals surface area contributed by atoms with Gasteiger partial charge < -0.3 is 15.5 Å². The van der Waals surface area contributed by atoms with Gasteiger partial charge in [0.1, 0.15) is 5.82 Å². The Hall–Kier alpha value is -1.62. The third-order valence-corrected chi connectivity index (χ3v) is 3.70. The molecular formula is C16H25FN4. The Morgan fingerprint density at radius 2 is 2.29 bits per heavy atom. The molecule has 0 bridgehead atoms. The number of halogens is 1. The summed E-state index contributed by atoms with van der Waals surface area (Å²) in [6.07, 6.45) is 1.23. The van der Waals surface area contributed by atoms with Crippen molar-refractivity contribution >= 4 is 5.96 Å². The number of rotatable bonds is 5. The molecule has 1 aromatic rings. The number of nitrogens with one attached hydrogen (secondary N) is 2. The van der Waals surface area contributed by atoms with Crippen molar-refractivity contribution in [2.45, 2.75) is 19.9 Å². The van der Waals surface area contributed by atoms with E-state index in [9.17, 15) is 4.39 Å². The molecule has 1 aliphatic rings. The van der Waals surface area contributed by atoms with Crippen LogP contribution in [0, 0.1) is 11.7 Å². The van der Waals surface area contributed by atoms with Gasteiger partial charge in [-0.15, -0.1) is 0 Å². The van der Waals surface area contributed by atoms with E-state index in [2.05, 4.69) is 27.6 Å². The van der Waals surface area contributed by atoms with Crippen molar-refractivity contribution in [2.75, 3.05) is 33.2 Å². The van der Waals surface area contributed by atoms with Crippen LogP contribution in [0.25, 0.3) is 0 Å². The monoisotopic (exact) mass is 292 g/mol. The van der Waals surface area contributed by atoms with Gasteiger partial charge in [-0.2, -0.15) is 0 Å². The van der Waals surface area contributed by atoms with Crippen LogP contribution < -0.4 is 10.6 Å². The molecule has 0 radical (unpaired) electrons. The summed E-state index contributed by atoms with van der Waals surface area (Å²) in [5.74, 6) is 1.26. The predicted octanol–water partition coefficient (Wildman–Crippen LogP) is 1.83. The second-order valence-corrected chi connectivity index (χ2v) is 5.62. The first-order valence-electron chi connectivity index (χ1n) is 7.62. The first kappa shape index (κ1) is 15.8. The minimum Gasteiger partial charge on any atom is -0.357 e. The minimum absolute atomic E-state index is 0.213. The minimum atomic E-state index is -0.213. The summed E-state index contributed by atoms with van der Waals surface area (Å²) in [4.78, 5) is 6.87. The number of aliphatic imine (C=N–C) groups is 1. The molecule has 1 aliphatic heterocycles. The Balaban J connectivity index is 1.86. The van der Waals surface area contributed by atoms with E-state index in [4.69, 9.17) is 0 Å². The van der Waals surface area contributed by atoms with Gasteiger partial charge in [0, 0.05) is 19.6 Å². The fourth-order valence-electron chi connectivity index (χ4n) is 2.58. The molecule has 0 amide bonds. The van der Waals surface area contributed by atoms with Crippen molar-refractivity contribution in [3.8, 4) is 0 Å². The molecule has 1 atom stereocenters. The Morgan fingerprint density at radius 1 is 1.43 bits per heavy atom. The van der Waals surface area contributed by atoms with E-state index in [0.717, 1.165) is 31.2 Å². The van der Waals surface area contributed by atoms with E-state index in [1.807, 2.05) is 13.0 Å². The van der Waals surface area contributed by atoms with E-state index in [0.29, 0.717) is 12.5 Å². The summed E-state index contributed by atoms with van der Waals surface area (Å²) in [6.45, 7) is 6.58. The zero-order chi connectivity index (χ0) is 15.1. The molecule has 2 N–H and O–H groups in total. The number of benzene rings is 1. The SMILES string of the molecule is CCNC(=NCc1cccc(F)c1)NCC1CCN(C)C1. The number of hydrogen-bond acceptors (Lipinski definition) is 2. The molecule has 1 saturated heterocycles. The quantitative estimate of drug-likeness (QED) is 0.642.